The van der Waals surface area contributed by atoms with Crippen LogP contribution in [-0.2, 0) is 4.79 Å². The number of likely N-dealkylation sites (N-methyl/N-ethyl adjacent to an activating group) is 1. The van der Waals surface area contributed by atoms with Gasteiger partial charge in [-0.05, 0) is 101 Å². The summed E-state index contributed by atoms with van der Waals surface area (Å²) in [6.07, 6.45) is 4.55. The summed E-state index contributed by atoms with van der Waals surface area (Å²) in [6.45, 7) is 8.10. The summed E-state index contributed by atoms with van der Waals surface area (Å²) in [5.41, 5.74) is 2.29. The molecule has 0 saturated carbocycles. The monoisotopic (exact) mass is 553 g/mol. The number of hydrogen-bond donors (Lipinski definition) is 0. The Labute approximate surface area is 231 Å². The lowest BCUT2D eigenvalue weighted by molar-refractivity contribution is -0.132. The Bertz CT molecular complexity index is 988. The van der Waals surface area contributed by atoms with E-state index in [9.17, 15) is 4.79 Å². The maximum Gasteiger partial charge on any atom is 0.236 e. The second-order valence-corrected chi connectivity index (χ2v) is 11.1. The van der Waals surface area contributed by atoms with Crippen molar-refractivity contribution >= 4 is 40.7 Å². The van der Waals surface area contributed by atoms with Crippen LogP contribution in [0.5, 0.6) is 5.75 Å². The van der Waals surface area contributed by atoms with Crippen LogP contribution in [0.25, 0.3) is 0 Å². The number of carbonyl (C=O) groups is 1. The quantitative estimate of drug-likeness (QED) is 0.398. The number of halogens is 3. The van der Waals surface area contributed by atoms with Crippen molar-refractivity contribution in [1.82, 2.24) is 14.7 Å². The molecule has 198 valence electrons. The summed E-state index contributed by atoms with van der Waals surface area (Å²) in [6, 6.07) is 11.5. The highest BCUT2D eigenvalue weighted by molar-refractivity contribution is 6.35. The fourth-order valence-corrected chi connectivity index (χ4v) is 5.21. The second-order valence-electron chi connectivity index (χ2n) is 9.87. The molecule has 2 aromatic carbocycles. The molecule has 0 radical (unpaired) electrons. The number of aryl methyl sites for hydroxylation is 1. The van der Waals surface area contributed by atoms with Gasteiger partial charge >= 0.3 is 0 Å². The van der Waals surface area contributed by atoms with Gasteiger partial charge in [-0.25, -0.2) is 0 Å². The maximum atomic E-state index is 12.3. The van der Waals surface area contributed by atoms with Gasteiger partial charge in [-0.2, -0.15) is 0 Å². The lowest BCUT2D eigenvalue weighted by atomic mass is 9.88. The number of hydrogen-bond acceptors (Lipinski definition) is 4. The van der Waals surface area contributed by atoms with Crippen LogP contribution >= 0.6 is 34.8 Å². The van der Waals surface area contributed by atoms with E-state index in [1.165, 1.54) is 31.5 Å². The van der Waals surface area contributed by atoms with Crippen LogP contribution in [0, 0.1) is 6.92 Å². The van der Waals surface area contributed by atoms with Crippen LogP contribution in [0.4, 0.5) is 0 Å². The predicted molar refractivity (Wildman–Crippen MR) is 151 cm³/mol. The number of piperidine rings is 1. The van der Waals surface area contributed by atoms with Crippen molar-refractivity contribution in [2.75, 3.05) is 60.0 Å². The molecular formula is C28H38Cl3N3O2. The molecule has 2 heterocycles. The van der Waals surface area contributed by atoms with Gasteiger partial charge in [-0.3, -0.25) is 9.69 Å². The van der Waals surface area contributed by atoms with Gasteiger partial charge in [0.25, 0.3) is 0 Å². The third-order valence-electron chi connectivity index (χ3n) is 6.71. The third kappa shape index (κ3) is 9.11. The van der Waals surface area contributed by atoms with E-state index in [2.05, 4.69) is 11.0 Å². The summed E-state index contributed by atoms with van der Waals surface area (Å²) < 4.78 is 6.15. The summed E-state index contributed by atoms with van der Waals surface area (Å²) in [5.74, 6) is 1.56. The predicted octanol–water partition coefficient (Wildman–Crippen LogP) is 6.38. The van der Waals surface area contributed by atoms with E-state index in [1.54, 1.807) is 6.07 Å². The topological polar surface area (TPSA) is 36.0 Å². The summed E-state index contributed by atoms with van der Waals surface area (Å²) in [7, 11) is 3.87. The maximum absolute atomic E-state index is 12.3. The first-order valence-corrected chi connectivity index (χ1v) is 13.8. The number of ether oxygens (including phenoxy) is 1. The minimum Gasteiger partial charge on any atom is -0.492 e. The molecule has 2 aromatic rings. The normalized spacial score (nSPS) is 16.7. The fourth-order valence-electron chi connectivity index (χ4n) is 4.64. The zero-order valence-corrected chi connectivity index (χ0v) is 23.9. The summed E-state index contributed by atoms with van der Waals surface area (Å²) >= 11 is 17.6. The van der Waals surface area contributed by atoms with E-state index in [1.807, 2.05) is 55.1 Å². The molecule has 8 heteroatoms. The number of likely N-dealkylation sites (tertiary alicyclic amines) is 2. The number of nitrogens with zero attached hydrogens (tertiary/aromatic N) is 3. The van der Waals surface area contributed by atoms with Crippen LogP contribution in [0.2, 0.25) is 15.1 Å². The van der Waals surface area contributed by atoms with Crippen molar-refractivity contribution in [1.29, 1.82) is 0 Å². The largest absolute Gasteiger partial charge is 0.492 e. The smallest absolute Gasteiger partial charge is 0.236 e. The molecule has 2 aliphatic rings. The van der Waals surface area contributed by atoms with Crippen LogP contribution in [0.15, 0.2) is 36.4 Å². The zero-order chi connectivity index (χ0) is 26.1. The molecule has 0 aliphatic carbocycles. The van der Waals surface area contributed by atoms with Crippen LogP contribution in [0.1, 0.15) is 42.7 Å². The molecular weight excluding hydrogens is 517 g/mol. The minimum absolute atomic E-state index is 0.219. The molecule has 1 amide bonds. The van der Waals surface area contributed by atoms with Crippen LogP contribution in [0.3, 0.4) is 0 Å². The highest BCUT2D eigenvalue weighted by atomic mass is 35.5. The highest BCUT2D eigenvalue weighted by Crippen LogP contribution is 2.36. The molecule has 2 fully saturated rings. The Hall–Kier alpha value is -1.50. The van der Waals surface area contributed by atoms with E-state index < -0.39 is 0 Å². The van der Waals surface area contributed by atoms with Crippen molar-refractivity contribution in [3.8, 4) is 5.75 Å². The molecule has 0 atom stereocenters. The summed E-state index contributed by atoms with van der Waals surface area (Å²) in [4.78, 5) is 18.6. The van der Waals surface area contributed by atoms with Crippen molar-refractivity contribution in [3.05, 3.63) is 62.6 Å². The van der Waals surface area contributed by atoms with E-state index in [-0.39, 0.29) is 5.91 Å². The van der Waals surface area contributed by atoms with E-state index in [0.717, 1.165) is 48.8 Å². The van der Waals surface area contributed by atoms with Gasteiger partial charge in [-0.1, -0.05) is 46.9 Å². The standard InChI is InChI=1S/C21H32ClN3O2.C7H6Cl2/c1-23(2)16-21(26)25-11-7-17(8-12-25)19-6-5-18(22)15-20(19)27-14-13-24-9-3-4-10-24;1-5-2-3-6(8)4-7(5)9/h5-6,15,17H,3-4,7-14,16H2,1-2H3;2-4H,1H3. The Balaban J connectivity index is 0.000000338. The molecule has 0 unspecified atom stereocenters. The van der Waals surface area contributed by atoms with Crippen molar-refractivity contribution in [2.45, 2.75) is 38.5 Å². The van der Waals surface area contributed by atoms with Crippen LogP contribution < -0.4 is 4.74 Å². The van der Waals surface area contributed by atoms with Crippen LogP contribution in [-0.4, -0.2) is 80.6 Å². The third-order valence-corrected chi connectivity index (χ3v) is 7.59. The number of amides is 1. The minimum atomic E-state index is 0.219. The summed E-state index contributed by atoms with van der Waals surface area (Å²) in [5, 5.41) is 2.13. The first kappa shape index (κ1) is 29.1. The molecule has 0 spiro atoms. The molecule has 4 rings (SSSR count). The Kier molecular flexibility index (Phi) is 11.7. The molecule has 2 aliphatic heterocycles. The lowest BCUT2D eigenvalue weighted by Gasteiger charge is -2.33. The van der Waals surface area contributed by atoms with Crippen molar-refractivity contribution in [3.63, 3.8) is 0 Å². The first-order chi connectivity index (χ1) is 17.2. The molecule has 0 aromatic heterocycles. The number of benzene rings is 2. The Morgan fingerprint density at radius 3 is 2.22 bits per heavy atom. The lowest BCUT2D eigenvalue weighted by Crippen LogP contribution is -2.42. The van der Waals surface area contributed by atoms with Gasteiger partial charge in [-0.15, -0.1) is 0 Å². The second kappa shape index (κ2) is 14.4. The van der Waals surface area contributed by atoms with Gasteiger partial charge < -0.3 is 14.5 Å². The van der Waals surface area contributed by atoms with E-state index in [4.69, 9.17) is 39.5 Å². The molecule has 36 heavy (non-hydrogen) atoms. The average molecular weight is 555 g/mol. The molecule has 5 nitrogen and oxygen atoms in total. The molecule has 0 bridgehead atoms. The zero-order valence-electron chi connectivity index (χ0n) is 21.6. The number of rotatable bonds is 7. The van der Waals surface area contributed by atoms with Gasteiger partial charge in [0.15, 0.2) is 0 Å². The van der Waals surface area contributed by atoms with Gasteiger partial charge in [0.05, 0.1) is 6.54 Å². The van der Waals surface area contributed by atoms with Crippen molar-refractivity contribution in [2.24, 2.45) is 0 Å². The van der Waals surface area contributed by atoms with E-state index >= 15 is 0 Å². The Morgan fingerprint density at radius 2 is 1.61 bits per heavy atom. The fraction of sp³-hybridized carbons (Fsp3) is 0.536. The highest BCUT2D eigenvalue weighted by Gasteiger charge is 2.26. The first-order valence-electron chi connectivity index (χ1n) is 12.7. The van der Waals surface area contributed by atoms with Gasteiger partial charge in [0, 0.05) is 34.7 Å². The van der Waals surface area contributed by atoms with E-state index in [0.29, 0.717) is 29.1 Å². The molecule has 0 N–H and O–H groups in total. The van der Waals surface area contributed by atoms with Gasteiger partial charge in [0.1, 0.15) is 12.4 Å². The molecule has 2 saturated heterocycles. The number of carbonyl (C=O) groups excluding carboxylic acids is 1. The van der Waals surface area contributed by atoms with Gasteiger partial charge in [0.2, 0.25) is 5.91 Å². The van der Waals surface area contributed by atoms with Crippen molar-refractivity contribution < 1.29 is 9.53 Å². The average Bonchev–Trinajstić information content (AvgIpc) is 3.36. The Morgan fingerprint density at radius 1 is 0.972 bits per heavy atom. The SMILES string of the molecule is CN(C)CC(=O)N1CCC(c2ccc(Cl)cc2OCCN2CCCC2)CC1.Cc1ccc(Cl)cc1Cl.